The molecule has 1 fully saturated rings. The molecule has 1 aliphatic rings. The lowest BCUT2D eigenvalue weighted by atomic mass is 9.97. The molecule has 2 aromatic heterocycles. The maximum absolute atomic E-state index is 12.8. The van der Waals surface area contributed by atoms with E-state index in [4.69, 9.17) is 4.42 Å². The van der Waals surface area contributed by atoms with Crippen molar-refractivity contribution >= 4 is 5.91 Å². The van der Waals surface area contributed by atoms with Gasteiger partial charge in [-0.05, 0) is 19.8 Å². The van der Waals surface area contributed by atoms with Crippen molar-refractivity contribution in [1.82, 2.24) is 19.4 Å². The number of aromatic nitrogens is 3. The van der Waals surface area contributed by atoms with Gasteiger partial charge in [0.2, 0.25) is 0 Å². The van der Waals surface area contributed by atoms with Crippen LogP contribution in [0.15, 0.2) is 17.0 Å². The number of rotatable bonds is 2. The van der Waals surface area contributed by atoms with Crippen LogP contribution in [-0.2, 0) is 13.2 Å². The van der Waals surface area contributed by atoms with Crippen LogP contribution < -0.4 is 0 Å². The smallest absolute Gasteiger partial charge is 0.434 e. The fraction of sp³-hybridized carbons (Fsp3) is 0.533. The maximum atomic E-state index is 12.8. The topological polar surface area (TPSA) is 64.2 Å². The zero-order valence-electron chi connectivity index (χ0n) is 13.3. The summed E-state index contributed by atoms with van der Waals surface area (Å²) in [6.45, 7) is 2.50. The molecule has 6 nitrogen and oxygen atoms in total. The lowest BCUT2D eigenvalue weighted by molar-refractivity contribution is -0.141. The van der Waals surface area contributed by atoms with Gasteiger partial charge in [0.25, 0.3) is 5.91 Å². The minimum Gasteiger partial charge on any atom is -0.448 e. The fourth-order valence-electron chi connectivity index (χ4n) is 3.03. The first-order valence-electron chi connectivity index (χ1n) is 7.57. The summed E-state index contributed by atoms with van der Waals surface area (Å²) in [6, 6.07) is 0. The first-order valence-corrected chi connectivity index (χ1v) is 7.57. The zero-order valence-corrected chi connectivity index (χ0v) is 13.3. The van der Waals surface area contributed by atoms with Gasteiger partial charge < -0.3 is 13.9 Å². The fourth-order valence-corrected chi connectivity index (χ4v) is 3.03. The van der Waals surface area contributed by atoms with E-state index in [1.54, 1.807) is 18.9 Å². The highest BCUT2D eigenvalue weighted by Gasteiger charge is 2.36. The first-order chi connectivity index (χ1) is 11.3. The number of carbonyl (C=O) groups is 1. The summed E-state index contributed by atoms with van der Waals surface area (Å²) in [5.41, 5.74) is -0.665. The van der Waals surface area contributed by atoms with E-state index in [9.17, 15) is 18.0 Å². The molecule has 3 rings (SSSR count). The minimum atomic E-state index is -4.47. The van der Waals surface area contributed by atoms with Crippen LogP contribution >= 0.6 is 0 Å². The molecule has 24 heavy (non-hydrogen) atoms. The van der Waals surface area contributed by atoms with Crippen molar-refractivity contribution in [1.29, 1.82) is 0 Å². The summed E-state index contributed by atoms with van der Waals surface area (Å²) >= 11 is 0. The summed E-state index contributed by atoms with van der Waals surface area (Å²) in [4.78, 5) is 21.8. The molecule has 1 amide bonds. The van der Waals surface area contributed by atoms with Crippen LogP contribution in [0.4, 0.5) is 13.2 Å². The number of piperidine rings is 1. The predicted molar refractivity (Wildman–Crippen MR) is 77.3 cm³/mol. The number of hydrogen-bond donors (Lipinski definition) is 0. The number of nitrogens with zero attached hydrogens (tertiary/aromatic N) is 4. The van der Waals surface area contributed by atoms with Crippen LogP contribution in [-0.4, -0.2) is 38.4 Å². The Balaban J connectivity index is 1.80. The Labute approximate surface area is 136 Å². The molecule has 0 radical (unpaired) electrons. The second kappa shape index (κ2) is 5.95. The normalized spacial score (nSPS) is 18.9. The van der Waals surface area contributed by atoms with E-state index in [1.165, 1.54) is 11.0 Å². The second-order valence-electron chi connectivity index (χ2n) is 5.94. The third-order valence-corrected chi connectivity index (χ3v) is 4.22. The molecule has 0 aromatic carbocycles. The zero-order chi connectivity index (χ0) is 17.5. The molecule has 0 bridgehead atoms. The molecule has 1 atom stereocenters. The highest BCUT2D eigenvalue weighted by molar-refractivity contribution is 5.93. The third-order valence-electron chi connectivity index (χ3n) is 4.22. The predicted octanol–water partition coefficient (Wildman–Crippen LogP) is 2.76. The lowest BCUT2D eigenvalue weighted by Gasteiger charge is -2.32. The summed E-state index contributed by atoms with van der Waals surface area (Å²) in [6.07, 6.45) is -0.903. The molecule has 1 saturated heterocycles. The van der Waals surface area contributed by atoms with E-state index in [0.717, 1.165) is 6.20 Å². The Morgan fingerprint density at radius 1 is 1.42 bits per heavy atom. The molecule has 1 unspecified atom stereocenters. The maximum Gasteiger partial charge on any atom is 0.434 e. The van der Waals surface area contributed by atoms with Gasteiger partial charge in [-0.25, -0.2) is 9.97 Å². The number of amides is 1. The Hall–Kier alpha value is -2.32. The molecule has 3 heterocycles. The van der Waals surface area contributed by atoms with Crippen LogP contribution in [0.2, 0.25) is 0 Å². The molecule has 0 aliphatic carbocycles. The number of hydrogen-bond acceptors (Lipinski definition) is 4. The number of halogens is 3. The van der Waals surface area contributed by atoms with E-state index in [2.05, 4.69) is 9.97 Å². The molecular weight excluding hydrogens is 325 g/mol. The minimum absolute atomic E-state index is 0.240. The van der Waals surface area contributed by atoms with E-state index >= 15 is 0 Å². The summed E-state index contributed by atoms with van der Waals surface area (Å²) in [5, 5.41) is 0. The van der Waals surface area contributed by atoms with E-state index in [0.29, 0.717) is 37.5 Å². The Kier molecular flexibility index (Phi) is 4.10. The van der Waals surface area contributed by atoms with Crippen molar-refractivity contribution < 1.29 is 22.4 Å². The van der Waals surface area contributed by atoms with Crippen molar-refractivity contribution in [3.05, 3.63) is 35.6 Å². The van der Waals surface area contributed by atoms with Crippen molar-refractivity contribution in [2.45, 2.75) is 31.9 Å². The standard InChI is InChI=1S/C15H17F3N4O2/c1-9-12(19-8-24-9)14(23)22-5-3-4-10(6-22)13-20-11(7-21(13)2)15(16,17)18/h7-8,10H,3-6H2,1-2H3. The molecular formula is C15H17F3N4O2. The van der Waals surface area contributed by atoms with Crippen molar-refractivity contribution in [2.24, 2.45) is 7.05 Å². The number of likely N-dealkylation sites (tertiary alicyclic amines) is 1. The van der Waals surface area contributed by atoms with Gasteiger partial charge in [-0.3, -0.25) is 4.79 Å². The van der Waals surface area contributed by atoms with Gasteiger partial charge in [-0.15, -0.1) is 0 Å². The lowest BCUT2D eigenvalue weighted by Crippen LogP contribution is -2.40. The van der Waals surface area contributed by atoms with Crippen molar-refractivity contribution in [3.63, 3.8) is 0 Å². The number of imidazole rings is 1. The SMILES string of the molecule is Cc1ocnc1C(=O)N1CCCC(c2nc(C(F)(F)F)cn2C)C1. The van der Waals surface area contributed by atoms with Gasteiger partial charge >= 0.3 is 6.18 Å². The van der Waals surface area contributed by atoms with Crippen molar-refractivity contribution in [3.8, 4) is 0 Å². The van der Waals surface area contributed by atoms with Crippen LogP contribution in [0.5, 0.6) is 0 Å². The molecule has 0 N–H and O–H groups in total. The van der Waals surface area contributed by atoms with Gasteiger partial charge in [0, 0.05) is 32.3 Å². The quantitative estimate of drug-likeness (QED) is 0.842. The van der Waals surface area contributed by atoms with Gasteiger partial charge in [0.15, 0.2) is 17.8 Å². The van der Waals surface area contributed by atoms with E-state index in [-0.39, 0.29) is 17.5 Å². The monoisotopic (exact) mass is 342 g/mol. The summed E-state index contributed by atoms with van der Waals surface area (Å²) in [5.74, 6) is 0.266. The van der Waals surface area contributed by atoms with Crippen LogP contribution in [0.3, 0.4) is 0 Å². The summed E-state index contributed by atoms with van der Waals surface area (Å²) in [7, 11) is 1.54. The van der Waals surface area contributed by atoms with Crippen molar-refractivity contribution in [2.75, 3.05) is 13.1 Å². The first kappa shape index (κ1) is 16.5. The Morgan fingerprint density at radius 3 is 2.75 bits per heavy atom. The van der Waals surface area contributed by atoms with Gasteiger partial charge in [-0.2, -0.15) is 13.2 Å². The Bertz CT molecular complexity index is 750. The van der Waals surface area contributed by atoms with E-state index in [1.807, 2.05) is 0 Å². The van der Waals surface area contributed by atoms with Gasteiger partial charge in [0.1, 0.15) is 11.6 Å². The average molecular weight is 342 g/mol. The second-order valence-corrected chi connectivity index (χ2v) is 5.94. The van der Waals surface area contributed by atoms with Gasteiger partial charge in [0.05, 0.1) is 0 Å². The average Bonchev–Trinajstić information content (AvgIpc) is 3.12. The van der Waals surface area contributed by atoms with Crippen LogP contribution in [0.25, 0.3) is 0 Å². The third kappa shape index (κ3) is 3.02. The number of aryl methyl sites for hydroxylation is 2. The number of alkyl halides is 3. The van der Waals surface area contributed by atoms with Crippen LogP contribution in [0.1, 0.15) is 46.5 Å². The highest BCUT2D eigenvalue weighted by Crippen LogP contribution is 2.32. The number of carbonyl (C=O) groups excluding carboxylic acids is 1. The molecule has 9 heteroatoms. The van der Waals surface area contributed by atoms with Gasteiger partial charge in [-0.1, -0.05) is 0 Å². The largest absolute Gasteiger partial charge is 0.448 e. The molecule has 130 valence electrons. The summed E-state index contributed by atoms with van der Waals surface area (Å²) < 4.78 is 44.9. The van der Waals surface area contributed by atoms with E-state index < -0.39 is 11.9 Å². The molecule has 2 aromatic rings. The highest BCUT2D eigenvalue weighted by atomic mass is 19.4. The molecule has 0 spiro atoms. The van der Waals surface area contributed by atoms with Crippen LogP contribution in [0, 0.1) is 6.92 Å². The molecule has 0 saturated carbocycles. The molecule has 1 aliphatic heterocycles. The Morgan fingerprint density at radius 2 is 2.17 bits per heavy atom. The number of oxazole rings is 1.